The molecular weight excluding hydrogens is 326 g/mol. The Balaban J connectivity index is 1.65. The van der Waals surface area contributed by atoms with E-state index < -0.39 is 12.3 Å². The lowest BCUT2D eigenvalue weighted by Gasteiger charge is -2.03. The van der Waals surface area contributed by atoms with Gasteiger partial charge in [0.25, 0.3) is 5.89 Å². The number of halogens is 2. The van der Waals surface area contributed by atoms with Gasteiger partial charge in [-0.2, -0.15) is 14.0 Å². The molecule has 0 N–H and O–H groups in total. The van der Waals surface area contributed by atoms with Crippen LogP contribution in [0, 0.1) is 11.3 Å². The van der Waals surface area contributed by atoms with E-state index in [1.165, 1.54) is 17.5 Å². The third-order valence-corrected chi connectivity index (χ3v) is 3.66. The number of alkyl halides is 2. The Morgan fingerprint density at radius 2 is 2.13 bits per heavy atom. The molecule has 0 aromatic carbocycles. The monoisotopic (exact) mass is 334 g/mol. The molecule has 0 radical (unpaired) electrons. The minimum absolute atomic E-state index is 0.0165. The van der Waals surface area contributed by atoms with Gasteiger partial charge in [0.05, 0.1) is 11.3 Å². The summed E-state index contributed by atoms with van der Waals surface area (Å²) in [6.45, 7) is 0.220. The van der Waals surface area contributed by atoms with Gasteiger partial charge in [-0.25, -0.2) is 0 Å². The Kier molecular flexibility index (Phi) is 4.25. The highest BCUT2D eigenvalue weighted by molar-refractivity contribution is 7.14. The fraction of sp³-hybridized carbons (Fsp3) is 0.143. The minimum atomic E-state index is -2.80. The summed E-state index contributed by atoms with van der Waals surface area (Å²) in [5.41, 5.74) is 1.07. The van der Waals surface area contributed by atoms with Crippen molar-refractivity contribution in [1.29, 1.82) is 5.26 Å². The van der Waals surface area contributed by atoms with Crippen LogP contribution in [0.5, 0.6) is 5.06 Å². The second-order valence-electron chi connectivity index (χ2n) is 4.30. The van der Waals surface area contributed by atoms with Crippen molar-refractivity contribution in [3.8, 4) is 22.6 Å². The molecule has 3 aromatic rings. The SMILES string of the molecule is N#Cc1ccc(OCc2ccc(-c3nnc(C(F)F)o3)cn2)s1. The number of hydrogen-bond donors (Lipinski definition) is 0. The van der Waals surface area contributed by atoms with Crippen LogP contribution in [-0.4, -0.2) is 15.2 Å². The van der Waals surface area contributed by atoms with Gasteiger partial charge in [-0.3, -0.25) is 4.98 Å². The highest BCUT2D eigenvalue weighted by Crippen LogP contribution is 2.25. The maximum Gasteiger partial charge on any atom is 0.314 e. The number of hydrogen-bond acceptors (Lipinski definition) is 7. The standard InChI is InChI=1S/C14H8F2N4O2S/c15-12(16)14-20-19-13(22-14)8-1-2-9(18-6-8)7-21-11-4-3-10(5-17)23-11/h1-4,6,12H,7H2. The Hall–Kier alpha value is -2.86. The number of aromatic nitrogens is 3. The van der Waals surface area contributed by atoms with Gasteiger partial charge in [0.15, 0.2) is 5.06 Å². The predicted octanol–water partition coefficient (Wildman–Crippen LogP) is 3.58. The molecule has 0 aliphatic rings. The highest BCUT2D eigenvalue weighted by atomic mass is 32.1. The van der Waals surface area contributed by atoms with Gasteiger partial charge < -0.3 is 9.15 Å². The van der Waals surface area contributed by atoms with E-state index in [2.05, 4.69) is 15.2 Å². The largest absolute Gasteiger partial charge is 0.478 e. The number of rotatable bonds is 5. The van der Waals surface area contributed by atoms with Gasteiger partial charge in [0.1, 0.15) is 17.6 Å². The molecule has 3 heterocycles. The predicted molar refractivity (Wildman–Crippen MR) is 75.9 cm³/mol. The average molecular weight is 334 g/mol. The van der Waals surface area contributed by atoms with Crippen LogP contribution >= 0.6 is 11.3 Å². The zero-order valence-electron chi connectivity index (χ0n) is 11.4. The first-order valence-electron chi connectivity index (χ1n) is 6.35. The molecule has 0 aliphatic carbocycles. The third kappa shape index (κ3) is 3.49. The Morgan fingerprint density at radius 1 is 1.26 bits per heavy atom. The fourth-order valence-corrected chi connectivity index (χ4v) is 2.33. The smallest absolute Gasteiger partial charge is 0.314 e. The van der Waals surface area contributed by atoms with Crippen LogP contribution < -0.4 is 4.74 Å². The molecule has 116 valence electrons. The molecule has 9 heteroatoms. The van der Waals surface area contributed by atoms with Crippen LogP contribution in [0.1, 0.15) is 22.9 Å². The van der Waals surface area contributed by atoms with Crippen molar-refractivity contribution in [2.24, 2.45) is 0 Å². The molecule has 0 aliphatic heterocycles. The van der Waals surface area contributed by atoms with Crippen molar-refractivity contribution in [3.63, 3.8) is 0 Å². The molecule has 0 fully saturated rings. The van der Waals surface area contributed by atoms with E-state index in [9.17, 15) is 8.78 Å². The molecule has 6 nitrogen and oxygen atoms in total. The summed E-state index contributed by atoms with van der Waals surface area (Å²) in [5, 5.41) is 16.2. The van der Waals surface area contributed by atoms with Crippen LogP contribution in [0.15, 0.2) is 34.9 Å². The first-order valence-corrected chi connectivity index (χ1v) is 7.17. The number of nitrogens with zero attached hydrogens (tertiary/aromatic N) is 4. The van der Waals surface area contributed by atoms with Gasteiger partial charge in [-0.1, -0.05) is 11.3 Å². The summed E-state index contributed by atoms with van der Waals surface area (Å²) in [5.74, 6) is -0.740. The minimum Gasteiger partial charge on any atom is -0.478 e. The van der Waals surface area contributed by atoms with Crippen molar-refractivity contribution in [2.75, 3.05) is 0 Å². The second-order valence-corrected chi connectivity index (χ2v) is 5.35. The Bertz CT molecular complexity index is 839. The highest BCUT2D eigenvalue weighted by Gasteiger charge is 2.17. The number of ether oxygens (including phenoxy) is 1. The zero-order chi connectivity index (χ0) is 16.2. The van der Waals surface area contributed by atoms with E-state index in [4.69, 9.17) is 14.4 Å². The molecule has 3 rings (SSSR count). The lowest BCUT2D eigenvalue weighted by molar-refractivity contribution is 0.116. The molecule has 0 saturated carbocycles. The zero-order valence-corrected chi connectivity index (χ0v) is 12.3. The number of thiophene rings is 1. The summed E-state index contributed by atoms with van der Waals surface area (Å²) in [6, 6.07) is 8.71. The second kappa shape index (κ2) is 6.50. The van der Waals surface area contributed by atoms with Crippen molar-refractivity contribution in [2.45, 2.75) is 13.0 Å². The van der Waals surface area contributed by atoms with E-state index in [0.29, 0.717) is 21.2 Å². The first-order chi connectivity index (χ1) is 11.2. The molecule has 0 atom stereocenters. The quantitative estimate of drug-likeness (QED) is 0.709. The van der Waals surface area contributed by atoms with E-state index in [1.54, 1.807) is 24.3 Å². The molecule has 0 spiro atoms. The maximum atomic E-state index is 12.4. The van der Waals surface area contributed by atoms with Gasteiger partial charge in [-0.15, -0.1) is 10.2 Å². The fourth-order valence-electron chi connectivity index (χ4n) is 1.68. The van der Waals surface area contributed by atoms with Gasteiger partial charge in [0.2, 0.25) is 5.89 Å². The van der Waals surface area contributed by atoms with Crippen molar-refractivity contribution >= 4 is 11.3 Å². The van der Waals surface area contributed by atoms with Gasteiger partial charge >= 0.3 is 6.43 Å². The molecule has 0 unspecified atom stereocenters. The summed E-state index contributed by atoms with van der Waals surface area (Å²) in [7, 11) is 0. The average Bonchev–Trinajstić information content (AvgIpc) is 3.23. The lowest BCUT2D eigenvalue weighted by atomic mass is 10.2. The molecule has 0 amide bonds. The van der Waals surface area contributed by atoms with E-state index in [1.807, 2.05) is 6.07 Å². The van der Waals surface area contributed by atoms with E-state index in [0.717, 1.165) is 0 Å². The Labute approximate surface area is 133 Å². The van der Waals surface area contributed by atoms with Crippen LogP contribution in [0.4, 0.5) is 8.78 Å². The summed E-state index contributed by atoms with van der Waals surface area (Å²) in [6.07, 6.45) is -1.36. The van der Waals surface area contributed by atoms with Crippen LogP contribution in [-0.2, 0) is 6.61 Å². The lowest BCUT2D eigenvalue weighted by Crippen LogP contribution is -1.96. The molecular formula is C14H8F2N4O2S. The topological polar surface area (TPSA) is 84.8 Å². The Morgan fingerprint density at radius 3 is 2.74 bits per heavy atom. The normalized spacial score (nSPS) is 10.7. The maximum absolute atomic E-state index is 12.4. The molecule has 0 saturated heterocycles. The van der Waals surface area contributed by atoms with Crippen molar-refractivity contribution in [1.82, 2.24) is 15.2 Å². The van der Waals surface area contributed by atoms with Gasteiger partial charge in [0, 0.05) is 6.20 Å². The summed E-state index contributed by atoms with van der Waals surface area (Å²) in [4.78, 5) is 4.71. The molecule has 0 bridgehead atoms. The number of nitriles is 1. The third-order valence-electron chi connectivity index (χ3n) is 2.75. The van der Waals surface area contributed by atoms with Crippen LogP contribution in [0.2, 0.25) is 0 Å². The van der Waals surface area contributed by atoms with Crippen LogP contribution in [0.3, 0.4) is 0 Å². The van der Waals surface area contributed by atoms with Crippen LogP contribution in [0.25, 0.3) is 11.5 Å². The van der Waals surface area contributed by atoms with E-state index >= 15 is 0 Å². The van der Waals surface area contributed by atoms with Crippen molar-refractivity contribution < 1.29 is 17.9 Å². The van der Waals surface area contributed by atoms with E-state index in [-0.39, 0.29) is 12.5 Å². The summed E-state index contributed by atoms with van der Waals surface area (Å²) < 4.78 is 35.2. The van der Waals surface area contributed by atoms with Crippen molar-refractivity contribution in [3.05, 3.63) is 46.9 Å². The van der Waals surface area contributed by atoms with Gasteiger partial charge in [-0.05, 0) is 24.3 Å². The molecule has 23 heavy (non-hydrogen) atoms. The first kappa shape index (κ1) is 15.1. The summed E-state index contributed by atoms with van der Waals surface area (Å²) >= 11 is 1.24. The molecule has 3 aromatic heterocycles. The number of pyridine rings is 1.